The van der Waals surface area contributed by atoms with Crippen LogP contribution in [0.3, 0.4) is 0 Å². The summed E-state index contributed by atoms with van der Waals surface area (Å²) < 4.78 is 0. The van der Waals surface area contributed by atoms with Crippen LogP contribution in [0.5, 0.6) is 0 Å². The van der Waals surface area contributed by atoms with Gasteiger partial charge in [-0.3, -0.25) is 0 Å². The zero-order chi connectivity index (χ0) is 9.52. The molecule has 0 saturated carbocycles. The maximum Gasteiger partial charge on any atom is 0.240 e. The van der Waals surface area contributed by atoms with Crippen molar-refractivity contribution < 1.29 is 9.90 Å². The number of hydrogen-bond acceptors (Lipinski definition) is 3. The topological polar surface area (TPSA) is 49.7 Å². The van der Waals surface area contributed by atoms with E-state index < -0.39 is 0 Å². The van der Waals surface area contributed by atoms with Crippen LogP contribution in [0.25, 0.3) is 0 Å². The van der Waals surface area contributed by atoms with Crippen molar-refractivity contribution in [2.75, 3.05) is 6.61 Å². The Morgan fingerprint density at radius 2 is 2.15 bits per heavy atom. The molecule has 0 bridgehead atoms. The molecule has 1 aromatic carbocycles. The first kappa shape index (κ1) is 9.21. The minimum atomic E-state index is -0.209. The second-order valence-electron chi connectivity index (χ2n) is 2.18. The van der Waals surface area contributed by atoms with E-state index in [4.69, 9.17) is 5.11 Å². The van der Waals surface area contributed by atoms with Gasteiger partial charge in [0.1, 0.15) is 6.61 Å². The lowest BCUT2D eigenvalue weighted by Crippen LogP contribution is -1.77. The molecule has 1 aromatic rings. The van der Waals surface area contributed by atoms with Gasteiger partial charge in [0, 0.05) is 0 Å². The van der Waals surface area contributed by atoms with Gasteiger partial charge in [0.05, 0.1) is 11.3 Å². The third kappa shape index (κ3) is 2.57. The molecule has 0 atom stereocenters. The van der Waals surface area contributed by atoms with Crippen LogP contribution in [0.15, 0.2) is 29.3 Å². The Hall–Kier alpha value is -1.88. The monoisotopic (exact) mass is 173 g/mol. The van der Waals surface area contributed by atoms with Gasteiger partial charge < -0.3 is 5.11 Å². The van der Waals surface area contributed by atoms with Crippen molar-refractivity contribution in [1.82, 2.24) is 0 Å². The van der Waals surface area contributed by atoms with Gasteiger partial charge in [0.25, 0.3) is 0 Å². The van der Waals surface area contributed by atoms with Crippen molar-refractivity contribution in [1.29, 1.82) is 0 Å². The first-order valence-corrected chi connectivity index (χ1v) is 3.65. The van der Waals surface area contributed by atoms with E-state index in [2.05, 4.69) is 16.8 Å². The molecule has 0 aromatic heterocycles. The smallest absolute Gasteiger partial charge is 0.240 e. The summed E-state index contributed by atoms with van der Waals surface area (Å²) in [6.07, 6.45) is 1.45. The van der Waals surface area contributed by atoms with Crippen LogP contribution in [0.2, 0.25) is 0 Å². The lowest BCUT2D eigenvalue weighted by Gasteiger charge is -1.93. The Morgan fingerprint density at radius 3 is 2.85 bits per heavy atom. The van der Waals surface area contributed by atoms with E-state index in [0.29, 0.717) is 11.3 Å². The predicted molar refractivity (Wildman–Crippen MR) is 48.2 cm³/mol. The normalized spacial score (nSPS) is 8.08. The van der Waals surface area contributed by atoms with Crippen molar-refractivity contribution in [2.24, 2.45) is 4.99 Å². The highest BCUT2D eigenvalue weighted by Gasteiger charge is 1.94. The average molecular weight is 173 g/mol. The number of rotatable bonds is 1. The van der Waals surface area contributed by atoms with Crippen molar-refractivity contribution in [3.63, 3.8) is 0 Å². The highest BCUT2D eigenvalue weighted by molar-refractivity contribution is 5.59. The maximum absolute atomic E-state index is 10.0. The van der Waals surface area contributed by atoms with Crippen LogP contribution in [0, 0.1) is 11.8 Å². The summed E-state index contributed by atoms with van der Waals surface area (Å²) in [6, 6.07) is 6.91. The Labute approximate surface area is 75.7 Å². The summed E-state index contributed by atoms with van der Waals surface area (Å²) in [4.78, 5) is 13.5. The molecule has 0 radical (unpaired) electrons. The Kier molecular flexibility index (Phi) is 3.46. The summed E-state index contributed by atoms with van der Waals surface area (Å²) in [7, 11) is 0. The Balaban J connectivity index is 3.11. The molecule has 0 heterocycles. The fourth-order valence-corrected chi connectivity index (χ4v) is 0.861. The molecule has 1 N–H and O–H groups in total. The van der Waals surface area contributed by atoms with Crippen LogP contribution < -0.4 is 0 Å². The Morgan fingerprint density at radius 1 is 1.38 bits per heavy atom. The van der Waals surface area contributed by atoms with Gasteiger partial charge in [0.15, 0.2) is 0 Å². The van der Waals surface area contributed by atoms with Gasteiger partial charge in [-0.25, -0.2) is 4.79 Å². The van der Waals surface area contributed by atoms with Crippen LogP contribution in [-0.2, 0) is 4.79 Å². The zero-order valence-corrected chi connectivity index (χ0v) is 6.82. The van der Waals surface area contributed by atoms with Crippen LogP contribution in [-0.4, -0.2) is 17.8 Å². The molecule has 3 nitrogen and oxygen atoms in total. The fourth-order valence-electron chi connectivity index (χ4n) is 0.861. The van der Waals surface area contributed by atoms with Crippen molar-refractivity contribution in [3.8, 4) is 11.8 Å². The molecule has 0 aliphatic heterocycles. The van der Waals surface area contributed by atoms with Gasteiger partial charge in [0.2, 0.25) is 6.08 Å². The van der Waals surface area contributed by atoms with Crippen molar-refractivity contribution in [2.45, 2.75) is 0 Å². The van der Waals surface area contributed by atoms with Crippen molar-refractivity contribution >= 4 is 11.8 Å². The average Bonchev–Trinajstić information content (AvgIpc) is 2.17. The highest BCUT2D eigenvalue weighted by atomic mass is 16.2. The molecule has 0 spiro atoms. The predicted octanol–water partition coefficient (Wildman–Crippen LogP) is 0.998. The summed E-state index contributed by atoms with van der Waals surface area (Å²) in [5.41, 5.74) is 1.08. The van der Waals surface area contributed by atoms with Gasteiger partial charge >= 0.3 is 0 Å². The second kappa shape index (κ2) is 4.89. The fraction of sp³-hybridized carbons (Fsp3) is 0.100. The number of isocyanates is 1. The van der Waals surface area contributed by atoms with E-state index in [-0.39, 0.29) is 6.61 Å². The summed E-state index contributed by atoms with van der Waals surface area (Å²) in [5, 5.41) is 8.47. The minimum absolute atomic E-state index is 0.209. The number of aliphatic hydroxyl groups excluding tert-OH is 1. The third-order valence-electron chi connectivity index (χ3n) is 1.37. The SMILES string of the molecule is O=C=Nc1ccccc1C#CCO. The molecule has 0 saturated heterocycles. The molecule has 0 amide bonds. The van der Waals surface area contributed by atoms with Gasteiger partial charge in [-0.2, -0.15) is 4.99 Å². The first-order valence-electron chi connectivity index (χ1n) is 3.65. The first-order chi connectivity index (χ1) is 6.38. The summed E-state index contributed by atoms with van der Waals surface area (Å²) in [5.74, 6) is 5.15. The molecule has 1 rings (SSSR count). The second-order valence-corrected chi connectivity index (χ2v) is 2.18. The van der Waals surface area contributed by atoms with Gasteiger partial charge in [-0.15, -0.1) is 0 Å². The van der Waals surface area contributed by atoms with Crippen LogP contribution in [0.1, 0.15) is 5.56 Å². The number of carbonyl (C=O) groups excluding carboxylic acids is 1. The number of hydrogen-bond donors (Lipinski definition) is 1. The molecule has 0 aliphatic carbocycles. The summed E-state index contributed by atoms with van der Waals surface area (Å²) in [6.45, 7) is -0.209. The lowest BCUT2D eigenvalue weighted by molar-refractivity contribution is 0.350. The van der Waals surface area contributed by atoms with E-state index in [1.165, 1.54) is 6.08 Å². The van der Waals surface area contributed by atoms with E-state index in [1.807, 2.05) is 0 Å². The number of aliphatic hydroxyl groups is 1. The molecule has 0 aliphatic rings. The van der Waals surface area contributed by atoms with E-state index in [0.717, 1.165) is 0 Å². The maximum atomic E-state index is 10.0. The zero-order valence-electron chi connectivity index (χ0n) is 6.82. The number of nitrogens with zero attached hydrogens (tertiary/aromatic N) is 1. The van der Waals surface area contributed by atoms with Crippen molar-refractivity contribution in [3.05, 3.63) is 29.8 Å². The largest absolute Gasteiger partial charge is 0.384 e. The molecule has 3 heteroatoms. The number of para-hydroxylation sites is 1. The van der Waals surface area contributed by atoms with Gasteiger partial charge in [-0.05, 0) is 12.1 Å². The Bertz CT molecular complexity index is 395. The molecular formula is C10H7NO2. The van der Waals surface area contributed by atoms with E-state index in [9.17, 15) is 4.79 Å². The molecule has 0 unspecified atom stereocenters. The molecule has 0 fully saturated rings. The van der Waals surface area contributed by atoms with Gasteiger partial charge in [-0.1, -0.05) is 24.0 Å². The minimum Gasteiger partial charge on any atom is -0.384 e. The van der Waals surface area contributed by atoms with Crippen LogP contribution >= 0.6 is 0 Å². The highest BCUT2D eigenvalue weighted by Crippen LogP contribution is 2.15. The number of benzene rings is 1. The third-order valence-corrected chi connectivity index (χ3v) is 1.37. The summed E-state index contributed by atoms with van der Waals surface area (Å²) >= 11 is 0. The van der Waals surface area contributed by atoms with E-state index in [1.54, 1.807) is 24.3 Å². The number of aliphatic imine (C=N–C) groups is 1. The van der Waals surface area contributed by atoms with Crippen LogP contribution in [0.4, 0.5) is 5.69 Å². The molecule has 13 heavy (non-hydrogen) atoms. The molecular weight excluding hydrogens is 166 g/mol. The van der Waals surface area contributed by atoms with E-state index >= 15 is 0 Å². The standard InChI is InChI=1S/C10H7NO2/c12-7-3-5-9-4-1-2-6-10(9)11-8-13/h1-2,4,6,12H,7H2. The quantitative estimate of drug-likeness (QED) is 0.391. The molecule has 64 valence electrons. The lowest BCUT2D eigenvalue weighted by atomic mass is 10.2.